The first kappa shape index (κ1) is 6.62. The van der Waals surface area contributed by atoms with E-state index in [1.54, 1.807) is 0 Å². The molecule has 1 aliphatic rings. The SMILES string of the molecule is C=C1NN=C(Cl)C1(C)C. The van der Waals surface area contributed by atoms with E-state index in [0.717, 1.165) is 5.70 Å². The maximum Gasteiger partial charge on any atom is 0.138 e. The summed E-state index contributed by atoms with van der Waals surface area (Å²) in [6.07, 6.45) is 0. The normalized spacial score (nSPS) is 23.4. The molecule has 50 valence electrons. The van der Waals surface area contributed by atoms with Crippen LogP contribution in [0.25, 0.3) is 0 Å². The lowest BCUT2D eigenvalue weighted by atomic mass is 9.93. The lowest BCUT2D eigenvalue weighted by Gasteiger charge is -2.15. The summed E-state index contributed by atoms with van der Waals surface area (Å²) < 4.78 is 0. The van der Waals surface area contributed by atoms with Crippen LogP contribution in [0.3, 0.4) is 0 Å². The van der Waals surface area contributed by atoms with Gasteiger partial charge in [-0.25, -0.2) is 0 Å². The highest BCUT2D eigenvalue weighted by Gasteiger charge is 2.31. The van der Waals surface area contributed by atoms with Crippen molar-refractivity contribution in [2.24, 2.45) is 10.5 Å². The Hall–Kier alpha value is -0.500. The molecule has 1 aliphatic heterocycles. The van der Waals surface area contributed by atoms with E-state index in [1.807, 2.05) is 13.8 Å². The fourth-order valence-corrected chi connectivity index (χ4v) is 0.677. The summed E-state index contributed by atoms with van der Waals surface area (Å²) in [5, 5.41) is 4.38. The van der Waals surface area contributed by atoms with Crippen LogP contribution < -0.4 is 5.43 Å². The predicted octanol–water partition coefficient (Wildman–Crippen LogP) is 1.68. The van der Waals surface area contributed by atoms with E-state index in [0.29, 0.717) is 5.17 Å². The van der Waals surface area contributed by atoms with E-state index in [9.17, 15) is 0 Å². The number of hydrazone groups is 1. The quantitative estimate of drug-likeness (QED) is 0.550. The van der Waals surface area contributed by atoms with Crippen LogP contribution in [0.2, 0.25) is 0 Å². The third-order valence-corrected chi connectivity index (χ3v) is 2.12. The maximum atomic E-state index is 5.73. The van der Waals surface area contributed by atoms with Gasteiger partial charge in [0.2, 0.25) is 0 Å². The zero-order valence-electron chi connectivity index (χ0n) is 5.53. The fraction of sp³-hybridized carbons (Fsp3) is 0.500. The van der Waals surface area contributed by atoms with Crippen molar-refractivity contribution in [3.63, 3.8) is 0 Å². The van der Waals surface area contributed by atoms with Gasteiger partial charge in [-0.15, -0.1) is 0 Å². The second-order valence-corrected chi connectivity index (χ2v) is 2.98. The largest absolute Gasteiger partial charge is 0.281 e. The van der Waals surface area contributed by atoms with Crippen LogP contribution in [-0.4, -0.2) is 5.17 Å². The molecule has 0 aliphatic carbocycles. The number of halogens is 1. The zero-order chi connectivity index (χ0) is 7.07. The summed E-state index contributed by atoms with van der Waals surface area (Å²) in [5.41, 5.74) is 3.40. The molecule has 1 rings (SSSR count). The van der Waals surface area contributed by atoms with E-state index in [-0.39, 0.29) is 5.41 Å². The molecule has 0 saturated heterocycles. The maximum absolute atomic E-state index is 5.73. The molecule has 0 unspecified atom stereocenters. The molecule has 1 heterocycles. The molecule has 0 aromatic heterocycles. The smallest absolute Gasteiger partial charge is 0.138 e. The van der Waals surface area contributed by atoms with E-state index >= 15 is 0 Å². The summed E-state index contributed by atoms with van der Waals surface area (Å²) in [7, 11) is 0. The summed E-state index contributed by atoms with van der Waals surface area (Å²) in [6.45, 7) is 7.69. The molecule has 0 fully saturated rings. The second-order valence-electron chi connectivity index (χ2n) is 2.62. The van der Waals surface area contributed by atoms with Crippen molar-refractivity contribution in [1.82, 2.24) is 5.43 Å². The average Bonchev–Trinajstić information content (AvgIpc) is 1.96. The average molecular weight is 145 g/mol. The van der Waals surface area contributed by atoms with Crippen LogP contribution in [0.15, 0.2) is 17.4 Å². The topological polar surface area (TPSA) is 24.4 Å². The second kappa shape index (κ2) is 1.74. The fourth-order valence-electron chi connectivity index (χ4n) is 0.521. The van der Waals surface area contributed by atoms with Gasteiger partial charge in [-0.1, -0.05) is 18.2 Å². The number of hydrogen-bond acceptors (Lipinski definition) is 2. The van der Waals surface area contributed by atoms with E-state index in [4.69, 9.17) is 11.6 Å². The summed E-state index contributed by atoms with van der Waals surface area (Å²) in [4.78, 5) is 0. The Labute approximate surface area is 59.6 Å². The van der Waals surface area contributed by atoms with E-state index < -0.39 is 0 Å². The van der Waals surface area contributed by atoms with Gasteiger partial charge in [-0.2, -0.15) is 5.10 Å². The Morgan fingerprint density at radius 2 is 2.22 bits per heavy atom. The summed E-state index contributed by atoms with van der Waals surface area (Å²) >= 11 is 5.73. The molecule has 0 radical (unpaired) electrons. The van der Waals surface area contributed by atoms with Gasteiger partial charge in [0.05, 0.1) is 5.41 Å². The first-order chi connectivity index (χ1) is 4.05. The van der Waals surface area contributed by atoms with Gasteiger partial charge in [0.15, 0.2) is 0 Å². The van der Waals surface area contributed by atoms with Crippen molar-refractivity contribution in [2.75, 3.05) is 0 Å². The molecule has 1 N–H and O–H groups in total. The first-order valence-electron chi connectivity index (χ1n) is 2.74. The molecule has 9 heavy (non-hydrogen) atoms. The molecule has 0 bridgehead atoms. The third-order valence-electron chi connectivity index (χ3n) is 1.56. The lowest BCUT2D eigenvalue weighted by Crippen LogP contribution is -2.19. The molecule has 0 amide bonds. The molecular weight excluding hydrogens is 136 g/mol. The summed E-state index contributed by atoms with van der Waals surface area (Å²) in [6, 6.07) is 0. The zero-order valence-corrected chi connectivity index (χ0v) is 6.29. The number of nitrogens with zero attached hydrogens (tertiary/aromatic N) is 1. The molecule has 0 saturated carbocycles. The van der Waals surface area contributed by atoms with Crippen molar-refractivity contribution < 1.29 is 0 Å². The summed E-state index contributed by atoms with van der Waals surface area (Å²) in [5.74, 6) is 0. The monoisotopic (exact) mass is 144 g/mol. The van der Waals surface area contributed by atoms with Crippen LogP contribution in [0.4, 0.5) is 0 Å². The van der Waals surface area contributed by atoms with Crippen molar-refractivity contribution in [3.05, 3.63) is 12.3 Å². The number of hydrogen-bond donors (Lipinski definition) is 1. The Bertz CT molecular complexity index is 181. The van der Waals surface area contributed by atoms with Crippen LogP contribution in [0.1, 0.15) is 13.8 Å². The van der Waals surface area contributed by atoms with E-state index in [2.05, 4.69) is 17.1 Å². The Kier molecular flexibility index (Phi) is 1.28. The van der Waals surface area contributed by atoms with Crippen molar-refractivity contribution in [3.8, 4) is 0 Å². The van der Waals surface area contributed by atoms with Crippen LogP contribution >= 0.6 is 11.6 Å². The van der Waals surface area contributed by atoms with Crippen LogP contribution in [0.5, 0.6) is 0 Å². The van der Waals surface area contributed by atoms with Gasteiger partial charge in [0, 0.05) is 5.70 Å². The molecule has 2 nitrogen and oxygen atoms in total. The van der Waals surface area contributed by atoms with Gasteiger partial charge >= 0.3 is 0 Å². The Morgan fingerprint density at radius 1 is 1.67 bits per heavy atom. The van der Waals surface area contributed by atoms with Crippen molar-refractivity contribution in [2.45, 2.75) is 13.8 Å². The van der Waals surface area contributed by atoms with Crippen molar-refractivity contribution >= 4 is 16.8 Å². The van der Waals surface area contributed by atoms with Crippen LogP contribution in [-0.2, 0) is 0 Å². The molecule has 0 atom stereocenters. The minimum Gasteiger partial charge on any atom is -0.281 e. The molecule has 3 heteroatoms. The highest BCUT2D eigenvalue weighted by molar-refractivity contribution is 6.67. The molecular formula is C6H9ClN2. The number of rotatable bonds is 0. The third kappa shape index (κ3) is 0.833. The van der Waals surface area contributed by atoms with Gasteiger partial charge in [0.25, 0.3) is 0 Å². The first-order valence-corrected chi connectivity index (χ1v) is 3.12. The lowest BCUT2D eigenvalue weighted by molar-refractivity contribution is 0.624. The van der Waals surface area contributed by atoms with Gasteiger partial charge in [0.1, 0.15) is 5.17 Å². The highest BCUT2D eigenvalue weighted by atomic mass is 35.5. The molecule has 0 aromatic rings. The van der Waals surface area contributed by atoms with E-state index in [1.165, 1.54) is 0 Å². The molecule has 0 spiro atoms. The van der Waals surface area contributed by atoms with Gasteiger partial charge < -0.3 is 0 Å². The van der Waals surface area contributed by atoms with Gasteiger partial charge in [-0.05, 0) is 13.8 Å². The Balaban J connectivity index is 2.93. The minimum atomic E-state index is -0.179. The standard InChI is InChI=1S/C6H9ClN2/c1-4-6(2,3)5(7)9-8-4/h8H,1H2,2-3H3. The van der Waals surface area contributed by atoms with Gasteiger partial charge in [-0.3, -0.25) is 5.43 Å². The van der Waals surface area contributed by atoms with Crippen molar-refractivity contribution in [1.29, 1.82) is 0 Å². The number of allylic oxidation sites excluding steroid dienone is 1. The number of nitrogens with one attached hydrogen (secondary N) is 1. The predicted molar refractivity (Wildman–Crippen MR) is 39.3 cm³/mol. The minimum absolute atomic E-state index is 0.179. The van der Waals surface area contributed by atoms with Crippen LogP contribution in [0, 0.1) is 5.41 Å². The highest BCUT2D eigenvalue weighted by Crippen LogP contribution is 2.30. The Morgan fingerprint density at radius 3 is 2.33 bits per heavy atom. The molecule has 0 aromatic carbocycles.